The van der Waals surface area contributed by atoms with Crippen LogP contribution in [-0.4, -0.2) is 19.1 Å². The van der Waals surface area contributed by atoms with Crippen LogP contribution in [0.3, 0.4) is 0 Å². The molecule has 19 heavy (non-hydrogen) atoms. The van der Waals surface area contributed by atoms with Crippen LogP contribution in [0, 0.1) is 11.8 Å². The molecule has 1 aliphatic heterocycles. The molecular formula is C16H25BrN2. The van der Waals surface area contributed by atoms with Crippen molar-refractivity contribution in [3.63, 3.8) is 0 Å². The molecule has 0 aliphatic carbocycles. The van der Waals surface area contributed by atoms with Crippen molar-refractivity contribution in [1.82, 2.24) is 0 Å². The van der Waals surface area contributed by atoms with Gasteiger partial charge < -0.3 is 10.6 Å². The second-order valence-corrected chi connectivity index (χ2v) is 7.22. The topological polar surface area (TPSA) is 29.3 Å². The third-order valence-electron chi connectivity index (χ3n) is 3.80. The second-order valence-electron chi connectivity index (χ2n) is 6.31. The van der Waals surface area contributed by atoms with E-state index in [1.165, 1.54) is 17.7 Å². The van der Waals surface area contributed by atoms with E-state index in [2.05, 4.69) is 59.8 Å². The van der Waals surface area contributed by atoms with Gasteiger partial charge in [-0.1, -0.05) is 35.8 Å². The monoisotopic (exact) mass is 324 g/mol. The van der Waals surface area contributed by atoms with Crippen LogP contribution >= 0.6 is 15.9 Å². The Labute approximate surface area is 125 Å². The van der Waals surface area contributed by atoms with E-state index in [0.717, 1.165) is 35.8 Å². The molecule has 2 N–H and O–H groups in total. The molecule has 0 saturated carbocycles. The summed E-state index contributed by atoms with van der Waals surface area (Å²) in [6.07, 6.45) is 2.29. The predicted molar refractivity (Wildman–Crippen MR) is 86.7 cm³/mol. The van der Waals surface area contributed by atoms with Crippen molar-refractivity contribution >= 4 is 21.6 Å². The van der Waals surface area contributed by atoms with E-state index in [4.69, 9.17) is 5.73 Å². The Hall–Kier alpha value is -0.540. The Kier molecular flexibility index (Phi) is 4.91. The number of halogens is 1. The average molecular weight is 325 g/mol. The van der Waals surface area contributed by atoms with Gasteiger partial charge in [-0.05, 0) is 49.3 Å². The largest absolute Gasteiger partial charge is 0.371 e. The lowest BCUT2D eigenvalue weighted by molar-refractivity contribution is 0.356. The summed E-state index contributed by atoms with van der Waals surface area (Å²) < 4.78 is 1.15. The minimum Gasteiger partial charge on any atom is -0.371 e. The van der Waals surface area contributed by atoms with Gasteiger partial charge >= 0.3 is 0 Å². The third-order valence-corrected chi connectivity index (χ3v) is 4.29. The number of piperidine rings is 1. The molecule has 0 aromatic heterocycles. The first kappa shape index (κ1) is 14.9. The highest BCUT2D eigenvalue weighted by atomic mass is 79.9. The quantitative estimate of drug-likeness (QED) is 0.915. The van der Waals surface area contributed by atoms with Crippen LogP contribution in [0.4, 0.5) is 5.69 Å². The highest BCUT2D eigenvalue weighted by Crippen LogP contribution is 2.31. The first-order valence-corrected chi connectivity index (χ1v) is 8.04. The Bertz CT molecular complexity index is 421. The summed E-state index contributed by atoms with van der Waals surface area (Å²) in [7, 11) is 0. The van der Waals surface area contributed by atoms with Gasteiger partial charge in [0.2, 0.25) is 0 Å². The summed E-state index contributed by atoms with van der Waals surface area (Å²) in [5, 5.41) is 0. The van der Waals surface area contributed by atoms with E-state index in [1.807, 2.05) is 0 Å². The first-order chi connectivity index (χ1) is 8.95. The van der Waals surface area contributed by atoms with Crippen LogP contribution in [0.5, 0.6) is 0 Å². The van der Waals surface area contributed by atoms with Crippen molar-refractivity contribution in [2.45, 2.75) is 39.7 Å². The number of nitrogens with zero attached hydrogens (tertiary/aromatic N) is 1. The lowest BCUT2D eigenvalue weighted by Gasteiger charge is -2.38. The van der Waals surface area contributed by atoms with Gasteiger partial charge in [0.15, 0.2) is 0 Å². The summed E-state index contributed by atoms with van der Waals surface area (Å²) in [5.74, 6) is 1.54. The van der Waals surface area contributed by atoms with Crippen molar-refractivity contribution in [3.05, 3.63) is 28.2 Å². The molecule has 1 aromatic carbocycles. The zero-order valence-corrected chi connectivity index (χ0v) is 13.8. The molecule has 2 rings (SSSR count). The smallest absolute Gasteiger partial charge is 0.0410 e. The number of benzene rings is 1. The van der Waals surface area contributed by atoms with Crippen molar-refractivity contribution in [2.75, 3.05) is 18.0 Å². The number of anilines is 1. The van der Waals surface area contributed by atoms with Crippen LogP contribution in [0.25, 0.3) is 0 Å². The Morgan fingerprint density at radius 1 is 1.32 bits per heavy atom. The standard InChI is InChI=1S/C16H25BrN2/c1-11-6-12(2)10-19(9-11)16-8-15(17)5-4-14(16)7-13(3)18/h4-5,8,11-13H,6-7,9-10,18H2,1-3H3. The minimum absolute atomic E-state index is 0.208. The molecule has 3 heteroatoms. The van der Waals surface area contributed by atoms with E-state index in [0.29, 0.717) is 0 Å². The summed E-state index contributed by atoms with van der Waals surface area (Å²) in [4.78, 5) is 2.54. The Balaban J connectivity index is 2.28. The van der Waals surface area contributed by atoms with Crippen molar-refractivity contribution < 1.29 is 0 Å². The Morgan fingerprint density at radius 2 is 1.95 bits per heavy atom. The summed E-state index contributed by atoms with van der Waals surface area (Å²) in [6.45, 7) is 9.10. The van der Waals surface area contributed by atoms with Crippen LogP contribution in [0.1, 0.15) is 32.8 Å². The van der Waals surface area contributed by atoms with Crippen molar-refractivity contribution in [1.29, 1.82) is 0 Å². The van der Waals surface area contributed by atoms with E-state index in [1.54, 1.807) is 0 Å². The van der Waals surface area contributed by atoms with E-state index >= 15 is 0 Å². The number of hydrogen-bond donors (Lipinski definition) is 1. The molecule has 3 atom stereocenters. The fourth-order valence-corrected chi connectivity index (χ4v) is 3.56. The first-order valence-electron chi connectivity index (χ1n) is 7.24. The normalized spacial score (nSPS) is 25.4. The van der Waals surface area contributed by atoms with E-state index in [-0.39, 0.29) is 6.04 Å². The van der Waals surface area contributed by atoms with Crippen LogP contribution in [-0.2, 0) is 6.42 Å². The lowest BCUT2D eigenvalue weighted by Crippen LogP contribution is -2.39. The van der Waals surface area contributed by atoms with E-state index in [9.17, 15) is 0 Å². The fourth-order valence-electron chi connectivity index (χ4n) is 3.21. The van der Waals surface area contributed by atoms with Gasteiger partial charge in [-0.3, -0.25) is 0 Å². The predicted octanol–water partition coefficient (Wildman–Crippen LogP) is 3.82. The average Bonchev–Trinajstić information content (AvgIpc) is 2.29. The minimum atomic E-state index is 0.208. The second kappa shape index (κ2) is 6.27. The van der Waals surface area contributed by atoms with Gasteiger partial charge in [-0.25, -0.2) is 0 Å². The molecule has 0 bridgehead atoms. The van der Waals surface area contributed by atoms with Crippen LogP contribution in [0.15, 0.2) is 22.7 Å². The molecule has 0 spiro atoms. The molecule has 1 fully saturated rings. The van der Waals surface area contributed by atoms with Gasteiger partial charge in [0, 0.05) is 29.3 Å². The highest BCUT2D eigenvalue weighted by Gasteiger charge is 2.23. The highest BCUT2D eigenvalue weighted by molar-refractivity contribution is 9.10. The molecule has 1 heterocycles. The molecule has 106 valence electrons. The summed E-state index contributed by atoms with van der Waals surface area (Å²) in [5.41, 5.74) is 8.73. The number of rotatable bonds is 3. The maximum Gasteiger partial charge on any atom is 0.0410 e. The molecule has 1 saturated heterocycles. The van der Waals surface area contributed by atoms with Crippen LogP contribution in [0.2, 0.25) is 0 Å². The lowest BCUT2D eigenvalue weighted by atomic mass is 9.91. The molecule has 0 amide bonds. The van der Waals surface area contributed by atoms with Crippen LogP contribution < -0.4 is 10.6 Å². The Morgan fingerprint density at radius 3 is 2.53 bits per heavy atom. The van der Waals surface area contributed by atoms with Gasteiger partial charge in [-0.15, -0.1) is 0 Å². The molecule has 3 unspecified atom stereocenters. The number of nitrogens with two attached hydrogens (primary N) is 1. The molecular weight excluding hydrogens is 300 g/mol. The molecule has 2 nitrogen and oxygen atoms in total. The zero-order chi connectivity index (χ0) is 14.0. The zero-order valence-electron chi connectivity index (χ0n) is 12.2. The summed E-state index contributed by atoms with van der Waals surface area (Å²) in [6, 6.07) is 6.80. The number of hydrogen-bond acceptors (Lipinski definition) is 2. The van der Waals surface area contributed by atoms with E-state index < -0.39 is 0 Å². The molecule has 1 aliphatic rings. The molecule has 0 radical (unpaired) electrons. The third kappa shape index (κ3) is 3.96. The van der Waals surface area contributed by atoms with Gasteiger partial charge in [0.05, 0.1) is 0 Å². The van der Waals surface area contributed by atoms with Gasteiger partial charge in [-0.2, -0.15) is 0 Å². The van der Waals surface area contributed by atoms with Crippen molar-refractivity contribution in [3.8, 4) is 0 Å². The van der Waals surface area contributed by atoms with Gasteiger partial charge in [0.25, 0.3) is 0 Å². The SMILES string of the molecule is CC(N)Cc1ccc(Br)cc1N1CC(C)CC(C)C1. The summed E-state index contributed by atoms with van der Waals surface area (Å²) >= 11 is 3.60. The van der Waals surface area contributed by atoms with Crippen molar-refractivity contribution in [2.24, 2.45) is 17.6 Å². The maximum atomic E-state index is 5.99. The maximum absolute atomic E-state index is 5.99. The molecule has 1 aromatic rings. The fraction of sp³-hybridized carbons (Fsp3) is 0.625. The van der Waals surface area contributed by atoms with Gasteiger partial charge in [0.1, 0.15) is 0 Å².